The van der Waals surface area contributed by atoms with Gasteiger partial charge >= 0.3 is 0 Å². The number of hydrogen-bond acceptors (Lipinski definition) is 4. The van der Waals surface area contributed by atoms with Gasteiger partial charge in [-0.3, -0.25) is 9.69 Å². The summed E-state index contributed by atoms with van der Waals surface area (Å²) < 4.78 is 10.6. The van der Waals surface area contributed by atoms with E-state index in [9.17, 15) is 4.79 Å². The molecule has 3 aromatic rings. The molecule has 0 aliphatic rings. The molecule has 1 heterocycles. The third-order valence-electron chi connectivity index (χ3n) is 4.24. The summed E-state index contributed by atoms with van der Waals surface area (Å²) in [5, 5.41) is 0.961. The highest BCUT2D eigenvalue weighted by Gasteiger charge is 2.15. The highest BCUT2D eigenvalue weighted by atomic mass is 16.5. The molecule has 0 fully saturated rings. The van der Waals surface area contributed by atoms with Gasteiger partial charge < -0.3 is 14.5 Å². The smallest absolute Gasteiger partial charge is 0.178 e. The quantitative estimate of drug-likeness (QED) is 0.670. The Balaban J connectivity index is 1.72. The van der Waals surface area contributed by atoms with E-state index in [2.05, 4.69) is 4.98 Å². The predicted octanol–water partition coefficient (Wildman–Crippen LogP) is 3.50. The number of benzene rings is 2. The van der Waals surface area contributed by atoms with Gasteiger partial charge in [-0.25, -0.2) is 0 Å². The van der Waals surface area contributed by atoms with Crippen molar-refractivity contribution >= 4 is 16.7 Å². The molecular formula is C20H22N2O3. The molecule has 0 bridgehead atoms. The number of aromatic amines is 1. The standard InChI is InChI=1S/C20H22N2O3/c1-22(12-14-8-9-15(24-2)10-20(14)25-3)13-19(23)17-11-21-18-7-5-4-6-16(17)18/h4-11,21H,12-13H2,1-3H3. The number of fused-ring (bicyclic) bond motifs is 1. The molecule has 0 aliphatic carbocycles. The second-order valence-electron chi connectivity index (χ2n) is 6.02. The summed E-state index contributed by atoms with van der Waals surface area (Å²) in [5.74, 6) is 1.59. The summed E-state index contributed by atoms with van der Waals surface area (Å²) in [6.45, 7) is 0.943. The minimum absolute atomic E-state index is 0.0902. The lowest BCUT2D eigenvalue weighted by Crippen LogP contribution is -2.25. The van der Waals surface area contributed by atoms with E-state index in [4.69, 9.17) is 9.47 Å². The molecule has 1 aromatic heterocycles. The van der Waals surface area contributed by atoms with Crippen molar-refractivity contribution in [2.45, 2.75) is 6.54 Å². The van der Waals surface area contributed by atoms with Crippen LogP contribution in [0, 0.1) is 0 Å². The summed E-state index contributed by atoms with van der Waals surface area (Å²) in [6.07, 6.45) is 1.79. The first kappa shape index (κ1) is 17.0. The number of para-hydroxylation sites is 1. The predicted molar refractivity (Wildman–Crippen MR) is 98.5 cm³/mol. The fourth-order valence-electron chi connectivity index (χ4n) is 2.96. The fraction of sp³-hybridized carbons (Fsp3) is 0.250. The molecule has 0 spiro atoms. The van der Waals surface area contributed by atoms with Gasteiger partial charge in [-0.15, -0.1) is 0 Å². The Labute approximate surface area is 147 Å². The lowest BCUT2D eigenvalue weighted by atomic mass is 10.1. The van der Waals surface area contributed by atoms with E-state index in [1.165, 1.54) is 0 Å². The van der Waals surface area contributed by atoms with Gasteiger partial charge in [-0.2, -0.15) is 0 Å². The third-order valence-corrected chi connectivity index (χ3v) is 4.24. The van der Waals surface area contributed by atoms with Gasteiger partial charge in [-0.05, 0) is 19.2 Å². The molecular weight excluding hydrogens is 316 g/mol. The van der Waals surface area contributed by atoms with Crippen molar-refractivity contribution in [2.24, 2.45) is 0 Å². The van der Waals surface area contributed by atoms with Gasteiger partial charge in [-0.1, -0.05) is 24.3 Å². The van der Waals surface area contributed by atoms with Crippen molar-refractivity contribution in [3.05, 3.63) is 59.8 Å². The van der Waals surface area contributed by atoms with Gasteiger partial charge in [0.25, 0.3) is 0 Å². The maximum Gasteiger partial charge on any atom is 0.178 e. The number of aromatic nitrogens is 1. The molecule has 0 saturated heterocycles. The topological polar surface area (TPSA) is 54.6 Å². The number of methoxy groups -OCH3 is 2. The number of ether oxygens (including phenoxy) is 2. The SMILES string of the molecule is COc1ccc(CN(C)CC(=O)c2c[nH]c3ccccc23)c(OC)c1. The highest BCUT2D eigenvalue weighted by molar-refractivity contribution is 6.08. The maximum absolute atomic E-state index is 12.7. The zero-order valence-corrected chi connectivity index (χ0v) is 14.7. The Morgan fingerprint density at radius 1 is 1.12 bits per heavy atom. The van der Waals surface area contributed by atoms with Gasteiger partial charge in [0.05, 0.1) is 20.8 Å². The largest absolute Gasteiger partial charge is 0.497 e. The molecule has 25 heavy (non-hydrogen) atoms. The molecule has 3 rings (SSSR count). The van der Waals surface area contributed by atoms with Crippen LogP contribution in [0.15, 0.2) is 48.7 Å². The monoisotopic (exact) mass is 338 g/mol. The van der Waals surface area contributed by atoms with Crippen LogP contribution in [-0.2, 0) is 6.54 Å². The average Bonchev–Trinajstić information content (AvgIpc) is 3.06. The first-order chi connectivity index (χ1) is 12.1. The molecule has 2 aromatic carbocycles. The number of carbonyl (C=O) groups excluding carboxylic acids is 1. The number of nitrogens with zero attached hydrogens (tertiary/aromatic N) is 1. The Bertz CT molecular complexity index is 886. The minimum Gasteiger partial charge on any atom is -0.497 e. The summed E-state index contributed by atoms with van der Waals surface area (Å²) >= 11 is 0. The first-order valence-corrected chi connectivity index (χ1v) is 8.11. The van der Waals surface area contributed by atoms with Crippen molar-refractivity contribution < 1.29 is 14.3 Å². The number of nitrogens with one attached hydrogen (secondary N) is 1. The van der Waals surface area contributed by atoms with E-state index in [1.54, 1.807) is 20.4 Å². The van der Waals surface area contributed by atoms with Crippen molar-refractivity contribution in [1.29, 1.82) is 0 Å². The van der Waals surface area contributed by atoms with Crippen LogP contribution in [0.5, 0.6) is 11.5 Å². The summed E-state index contributed by atoms with van der Waals surface area (Å²) in [7, 11) is 5.19. The molecule has 0 unspecified atom stereocenters. The number of ketones is 1. The number of likely N-dealkylation sites (N-methyl/N-ethyl adjacent to an activating group) is 1. The van der Waals surface area contributed by atoms with E-state index in [-0.39, 0.29) is 5.78 Å². The Morgan fingerprint density at radius 3 is 2.68 bits per heavy atom. The van der Waals surface area contributed by atoms with Crippen molar-refractivity contribution in [2.75, 3.05) is 27.8 Å². The van der Waals surface area contributed by atoms with Crippen molar-refractivity contribution in [1.82, 2.24) is 9.88 Å². The van der Waals surface area contributed by atoms with Crippen LogP contribution in [0.4, 0.5) is 0 Å². The average molecular weight is 338 g/mol. The maximum atomic E-state index is 12.7. The van der Waals surface area contributed by atoms with E-state index >= 15 is 0 Å². The van der Waals surface area contributed by atoms with E-state index in [0.29, 0.717) is 13.1 Å². The lowest BCUT2D eigenvalue weighted by Gasteiger charge is -2.18. The number of rotatable bonds is 7. The number of carbonyl (C=O) groups is 1. The Morgan fingerprint density at radius 2 is 1.92 bits per heavy atom. The van der Waals surface area contributed by atoms with Crippen molar-refractivity contribution in [3.8, 4) is 11.5 Å². The van der Waals surface area contributed by atoms with Crippen LogP contribution in [0.2, 0.25) is 0 Å². The molecule has 0 radical (unpaired) electrons. The van der Waals surface area contributed by atoms with Crippen LogP contribution in [0.1, 0.15) is 15.9 Å². The molecule has 5 nitrogen and oxygen atoms in total. The van der Waals surface area contributed by atoms with Gasteiger partial charge in [0.2, 0.25) is 0 Å². The van der Waals surface area contributed by atoms with Crippen LogP contribution >= 0.6 is 0 Å². The molecule has 1 N–H and O–H groups in total. The third kappa shape index (κ3) is 3.67. The van der Waals surface area contributed by atoms with Gasteiger partial charge in [0.1, 0.15) is 11.5 Å². The zero-order chi connectivity index (χ0) is 17.8. The second kappa shape index (κ2) is 7.40. The van der Waals surface area contributed by atoms with Crippen LogP contribution < -0.4 is 9.47 Å². The molecule has 5 heteroatoms. The second-order valence-corrected chi connectivity index (χ2v) is 6.02. The first-order valence-electron chi connectivity index (χ1n) is 8.11. The van der Waals surface area contributed by atoms with Crippen LogP contribution in [-0.4, -0.2) is 43.5 Å². The molecule has 0 saturated carbocycles. The molecule has 0 amide bonds. The molecule has 0 aliphatic heterocycles. The lowest BCUT2D eigenvalue weighted by molar-refractivity contribution is 0.0944. The molecule has 130 valence electrons. The highest BCUT2D eigenvalue weighted by Crippen LogP contribution is 2.25. The Hall–Kier alpha value is -2.79. The normalized spacial score (nSPS) is 11.0. The van der Waals surface area contributed by atoms with Gasteiger partial charge in [0, 0.05) is 40.8 Å². The van der Waals surface area contributed by atoms with Crippen LogP contribution in [0.25, 0.3) is 10.9 Å². The number of hydrogen-bond donors (Lipinski definition) is 1. The zero-order valence-electron chi connectivity index (χ0n) is 14.7. The number of H-pyrrole nitrogens is 1. The van der Waals surface area contributed by atoms with E-state index in [0.717, 1.165) is 33.5 Å². The fourth-order valence-corrected chi connectivity index (χ4v) is 2.96. The number of Topliss-reactive ketones (excluding diaryl/α,β-unsaturated/α-hetero) is 1. The minimum atomic E-state index is 0.0902. The van der Waals surface area contributed by atoms with Gasteiger partial charge in [0.15, 0.2) is 5.78 Å². The van der Waals surface area contributed by atoms with Crippen LogP contribution in [0.3, 0.4) is 0 Å². The van der Waals surface area contributed by atoms with E-state index in [1.807, 2.05) is 54.4 Å². The van der Waals surface area contributed by atoms with E-state index < -0.39 is 0 Å². The summed E-state index contributed by atoms with van der Waals surface area (Å²) in [4.78, 5) is 17.8. The van der Waals surface area contributed by atoms with Crippen molar-refractivity contribution in [3.63, 3.8) is 0 Å². The molecule has 0 atom stereocenters. The Kier molecular flexibility index (Phi) is 5.05. The summed E-state index contributed by atoms with van der Waals surface area (Å²) in [5.41, 5.74) is 2.71. The summed E-state index contributed by atoms with van der Waals surface area (Å²) in [6, 6.07) is 13.5.